The molecule has 2 aromatic carbocycles. The number of rotatable bonds is 4. The second kappa shape index (κ2) is 12.9. The fraction of sp³-hybridized carbons (Fsp3) is 0.480. The molecule has 30 heavy (non-hydrogen) atoms. The lowest BCUT2D eigenvalue weighted by atomic mass is 10.0. The Morgan fingerprint density at radius 2 is 1.53 bits per heavy atom. The molecule has 2 aromatic rings. The van der Waals surface area contributed by atoms with E-state index in [1.165, 1.54) is 0 Å². The lowest BCUT2D eigenvalue weighted by molar-refractivity contribution is -0.134. The summed E-state index contributed by atoms with van der Waals surface area (Å²) in [7, 11) is 0. The molecule has 5 heteroatoms. The van der Waals surface area contributed by atoms with Crippen LogP contribution in [0, 0.1) is 20.8 Å². The predicted molar refractivity (Wildman–Crippen MR) is 123 cm³/mol. The van der Waals surface area contributed by atoms with Gasteiger partial charge in [-0.2, -0.15) is 0 Å². The minimum atomic E-state index is 0.134. The van der Waals surface area contributed by atoms with Crippen molar-refractivity contribution in [3.05, 3.63) is 52.6 Å². The molecule has 1 aliphatic rings. The van der Waals surface area contributed by atoms with Crippen LogP contribution in [-0.4, -0.2) is 42.2 Å². The second-order valence-corrected chi connectivity index (χ2v) is 6.78. The topological polar surface area (TPSA) is 59.0 Å². The van der Waals surface area contributed by atoms with E-state index < -0.39 is 0 Å². The SMILES string of the molecule is CC.CC.Cc1cc(Oc2c(C)cc(CC(=O)N3CCOCC3)cc2C)ccc1O. The normalized spacial score (nSPS) is 12.8. The molecule has 1 saturated heterocycles. The van der Waals surface area contributed by atoms with E-state index >= 15 is 0 Å². The first-order valence-electron chi connectivity index (χ1n) is 10.9. The van der Waals surface area contributed by atoms with Gasteiger partial charge in [0, 0.05) is 13.1 Å². The zero-order valence-corrected chi connectivity index (χ0v) is 19.5. The zero-order valence-electron chi connectivity index (χ0n) is 19.5. The Morgan fingerprint density at radius 3 is 2.07 bits per heavy atom. The van der Waals surface area contributed by atoms with Crippen LogP contribution in [0.4, 0.5) is 0 Å². The van der Waals surface area contributed by atoms with E-state index in [0.717, 1.165) is 28.0 Å². The standard InChI is InChI=1S/C21H25NO4.2C2H6/c1-14-12-18(4-5-19(14)23)26-21-15(2)10-17(11-16(21)3)13-20(24)22-6-8-25-9-7-22;2*1-2/h4-5,10-12,23H,6-9,13H2,1-3H3;2*1-2H3. The number of aryl methyl sites for hydroxylation is 3. The Hall–Kier alpha value is -2.53. The maximum atomic E-state index is 12.5. The van der Waals surface area contributed by atoms with Crippen molar-refractivity contribution < 1.29 is 19.4 Å². The highest BCUT2D eigenvalue weighted by Gasteiger charge is 2.18. The highest BCUT2D eigenvalue weighted by molar-refractivity contribution is 5.79. The molecule has 166 valence electrons. The molecule has 0 aromatic heterocycles. The van der Waals surface area contributed by atoms with Crippen LogP contribution in [0.2, 0.25) is 0 Å². The van der Waals surface area contributed by atoms with Crippen molar-refractivity contribution in [3.63, 3.8) is 0 Å². The summed E-state index contributed by atoms with van der Waals surface area (Å²) >= 11 is 0. The van der Waals surface area contributed by atoms with Gasteiger partial charge in [0.15, 0.2) is 0 Å². The first-order chi connectivity index (χ1) is 14.4. The molecule has 1 N–H and O–H groups in total. The number of aromatic hydroxyl groups is 1. The molecular weight excluding hydrogens is 378 g/mol. The van der Waals surface area contributed by atoms with Crippen LogP contribution >= 0.6 is 0 Å². The van der Waals surface area contributed by atoms with E-state index in [-0.39, 0.29) is 11.7 Å². The summed E-state index contributed by atoms with van der Waals surface area (Å²) in [6, 6.07) is 9.20. The number of morpholine rings is 1. The van der Waals surface area contributed by atoms with Gasteiger partial charge in [0.2, 0.25) is 5.91 Å². The first kappa shape index (κ1) is 25.5. The van der Waals surface area contributed by atoms with E-state index in [1.54, 1.807) is 12.1 Å². The third-order valence-corrected chi connectivity index (χ3v) is 4.63. The average Bonchev–Trinajstić information content (AvgIpc) is 2.76. The fourth-order valence-electron chi connectivity index (χ4n) is 3.21. The van der Waals surface area contributed by atoms with Gasteiger partial charge in [-0.15, -0.1) is 0 Å². The summed E-state index contributed by atoms with van der Waals surface area (Å²) in [4.78, 5) is 14.3. The maximum Gasteiger partial charge on any atom is 0.227 e. The third-order valence-electron chi connectivity index (χ3n) is 4.63. The Balaban J connectivity index is 0.00000106. The van der Waals surface area contributed by atoms with Gasteiger partial charge in [-0.25, -0.2) is 0 Å². The highest BCUT2D eigenvalue weighted by atomic mass is 16.5. The van der Waals surface area contributed by atoms with Crippen LogP contribution in [-0.2, 0) is 16.0 Å². The van der Waals surface area contributed by atoms with Gasteiger partial charge in [-0.05, 0) is 61.2 Å². The molecule has 1 heterocycles. The van der Waals surface area contributed by atoms with Gasteiger partial charge < -0.3 is 19.5 Å². The molecule has 0 atom stereocenters. The lowest BCUT2D eigenvalue weighted by Crippen LogP contribution is -2.41. The zero-order chi connectivity index (χ0) is 22.7. The highest BCUT2D eigenvalue weighted by Crippen LogP contribution is 2.32. The Morgan fingerprint density at radius 1 is 0.967 bits per heavy atom. The molecule has 0 saturated carbocycles. The molecular formula is C25H37NO4. The molecule has 3 rings (SSSR count). The number of carbonyl (C=O) groups excluding carboxylic acids is 1. The predicted octanol–water partition coefficient (Wildman–Crippen LogP) is 5.56. The average molecular weight is 416 g/mol. The Kier molecular flexibility index (Phi) is 11.0. The largest absolute Gasteiger partial charge is 0.508 e. The van der Waals surface area contributed by atoms with Crippen molar-refractivity contribution in [3.8, 4) is 17.2 Å². The van der Waals surface area contributed by atoms with Crippen molar-refractivity contribution >= 4 is 5.91 Å². The van der Waals surface area contributed by atoms with E-state index in [2.05, 4.69) is 0 Å². The molecule has 0 spiro atoms. The Bertz CT molecular complexity index is 788. The quantitative estimate of drug-likeness (QED) is 0.710. The monoisotopic (exact) mass is 415 g/mol. The van der Waals surface area contributed by atoms with E-state index in [1.807, 2.05) is 71.6 Å². The number of hydrogen-bond donors (Lipinski definition) is 1. The molecule has 1 fully saturated rings. The fourth-order valence-corrected chi connectivity index (χ4v) is 3.21. The summed E-state index contributed by atoms with van der Waals surface area (Å²) in [5.74, 6) is 1.86. The van der Waals surface area contributed by atoms with E-state index in [4.69, 9.17) is 9.47 Å². The minimum absolute atomic E-state index is 0.134. The molecule has 0 aliphatic carbocycles. The summed E-state index contributed by atoms with van der Waals surface area (Å²) in [5.41, 5.74) is 3.73. The van der Waals surface area contributed by atoms with Gasteiger partial charge in [0.1, 0.15) is 17.2 Å². The van der Waals surface area contributed by atoms with Crippen molar-refractivity contribution in [2.45, 2.75) is 54.9 Å². The number of carbonyl (C=O) groups is 1. The second-order valence-electron chi connectivity index (χ2n) is 6.78. The van der Waals surface area contributed by atoms with Crippen molar-refractivity contribution in [1.82, 2.24) is 4.90 Å². The van der Waals surface area contributed by atoms with Crippen LogP contribution in [0.3, 0.4) is 0 Å². The van der Waals surface area contributed by atoms with Gasteiger partial charge in [0.25, 0.3) is 0 Å². The third kappa shape index (κ3) is 7.06. The minimum Gasteiger partial charge on any atom is -0.508 e. The smallest absolute Gasteiger partial charge is 0.227 e. The summed E-state index contributed by atoms with van der Waals surface area (Å²) in [5, 5.41) is 9.65. The van der Waals surface area contributed by atoms with Crippen molar-refractivity contribution in [2.75, 3.05) is 26.3 Å². The van der Waals surface area contributed by atoms with Crippen molar-refractivity contribution in [1.29, 1.82) is 0 Å². The Labute approximate surface area is 181 Å². The van der Waals surface area contributed by atoms with Gasteiger partial charge in [-0.1, -0.05) is 39.8 Å². The van der Waals surface area contributed by atoms with Crippen LogP contribution in [0.25, 0.3) is 0 Å². The number of hydrogen-bond acceptors (Lipinski definition) is 4. The van der Waals surface area contributed by atoms with Crippen LogP contribution in [0.1, 0.15) is 49.9 Å². The lowest BCUT2D eigenvalue weighted by Gasteiger charge is -2.27. The van der Waals surface area contributed by atoms with E-state index in [9.17, 15) is 9.90 Å². The summed E-state index contributed by atoms with van der Waals surface area (Å²) in [6.07, 6.45) is 0.389. The van der Waals surface area contributed by atoms with Crippen LogP contribution in [0.5, 0.6) is 17.2 Å². The number of nitrogens with zero attached hydrogens (tertiary/aromatic N) is 1. The summed E-state index contributed by atoms with van der Waals surface area (Å²) in [6.45, 7) is 16.4. The van der Waals surface area contributed by atoms with Crippen molar-refractivity contribution in [2.24, 2.45) is 0 Å². The molecule has 0 bridgehead atoms. The molecule has 0 radical (unpaired) electrons. The molecule has 1 amide bonds. The number of amides is 1. The van der Waals surface area contributed by atoms with Crippen LogP contribution < -0.4 is 4.74 Å². The molecule has 1 aliphatic heterocycles. The van der Waals surface area contributed by atoms with Gasteiger partial charge in [0.05, 0.1) is 19.6 Å². The summed E-state index contributed by atoms with van der Waals surface area (Å²) < 4.78 is 11.3. The number of phenols is 1. The number of ether oxygens (including phenoxy) is 2. The molecule has 0 unspecified atom stereocenters. The number of benzene rings is 2. The maximum absolute atomic E-state index is 12.5. The van der Waals surface area contributed by atoms with Gasteiger partial charge >= 0.3 is 0 Å². The molecule has 5 nitrogen and oxygen atoms in total. The van der Waals surface area contributed by atoms with Gasteiger partial charge in [-0.3, -0.25) is 4.79 Å². The number of phenolic OH excluding ortho intramolecular Hbond substituents is 1. The van der Waals surface area contributed by atoms with E-state index in [0.29, 0.717) is 38.5 Å². The van der Waals surface area contributed by atoms with Crippen LogP contribution in [0.15, 0.2) is 30.3 Å². The first-order valence-corrected chi connectivity index (χ1v) is 10.9.